The first-order chi connectivity index (χ1) is 12.4. The van der Waals surface area contributed by atoms with Crippen LogP contribution in [0.4, 0.5) is 0 Å². The second kappa shape index (κ2) is 7.93. The van der Waals surface area contributed by atoms with Gasteiger partial charge in [-0.15, -0.1) is 0 Å². The van der Waals surface area contributed by atoms with Crippen LogP contribution in [0.5, 0.6) is 0 Å². The Morgan fingerprint density at radius 2 is 1.54 bits per heavy atom. The number of sulfone groups is 1. The number of aryl methyl sites for hydroxylation is 2. The van der Waals surface area contributed by atoms with Crippen LogP contribution in [-0.4, -0.2) is 25.6 Å². The zero-order chi connectivity index (χ0) is 18.6. The first-order valence-corrected chi connectivity index (χ1v) is 10.2. The molecule has 1 aromatic carbocycles. The average molecular weight is 373 g/mol. The van der Waals surface area contributed by atoms with Crippen LogP contribution < -0.4 is 0 Å². The molecule has 0 aliphatic heterocycles. The average Bonchev–Trinajstić information content (AvgIpc) is 3.29. The molecule has 5 nitrogen and oxygen atoms in total. The lowest BCUT2D eigenvalue weighted by molar-refractivity contribution is 0.229. The van der Waals surface area contributed by atoms with Gasteiger partial charge in [0.2, 0.25) is 0 Å². The summed E-state index contributed by atoms with van der Waals surface area (Å²) in [7, 11) is -3.37. The highest BCUT2D eigenvalue weighted by molar-refractivity contribution is 7.91. The number of nitrogens with zero attached hydrogens (tertiary/aromatic N) is 1. The Kier molecular flexibility index (Phi) is 5.64. The van der Waals surface area contributed by atoms with E-state index in [4.69, 9.17) is 8.83 Å². The van der Waals surface area contributed by atoms with Crippen molar-refractivity contribution in [3.8, 4) is 0 Å². The Bertz CT molecular complexity index is 892. The summed E-state index contributed by atoms with van der Waals surface area (Å²) in [5.74, 6) is 1.62. The molecular formula is C20H23NO4S. The summed E-state index contributed by atoms with van der Waals surface area (Å²) in [6.07, 6.45) is 3.24. The van der Waals surface area contributed by atoms with E-state index in [9.17, 15) is 8.42 Å². The van der Waals surface area contributed by atoms with Crippen molar-refractivity contribution in [1.82, 2.24) is 4.90 Å². The smallest absolute Gasteiger partial charge is 0.179 e. The quantitative estimate of drug-likeness (QED) is 0.598. The number of hydrogen-bond donors (Lipinski definition) is 0. The van der Waals surface area contributed by atoms with E-state index in [-0.39, 0.29) is 5.75 Å². The third-order valence-corrected chi connectivity index (χ3v) is 6.10. The van der Waals surface area contributed by atoms with Crippen molar-refractivity contribution in [2.45, 2.75) is 31.8 Å². The van der Waals surface area contributed by atoms with Gasteiger partial charge in [0.05, 0.1) is 36.3 Å². The van der Waals surface area contributed by atoms with Crippen molar-refractivity contribution in [3.63, 3.8) is 0 Å². The second-order valence-electron chi connectivity index (χ2n) is 6.46. The van der Waals surface area contributed by atoms with E-state index in [1.165, 1.54) is 0 Å². The van der Waals surface area contributed by atoms with Gasteiger partial charge in [-0.1, -0.05) is 12.1 Å². The lowest BCUT2D eigenvalue weighted by Crippen LogP contribution is -2.28. The minimum Gasteiger partial charge on any atom is -0.468 e. The molecule has 0 amide bonds. The number of hydrogen-bond acceptors (Lipinski definition) is 5. The van der Waals surface area contributed by atoms with Crippen LogP contribution in [0.15, 0.2) is 68.7 Å². The van der Waals surface area contributed by atoms with Gasteiger partial charge in [-0.2, -0.15) is 0 Å². The largest absolute Gasteiger partial charge is 0.468 e. The molecular weight excluding hydrogens is 350 g/mol. The molecule has 0 N–H and O–H groups in total. The Labute approximate surface area is 154 Å². The third-order valence-electron chi connectivity index (χ3n) is 4.27. The van der Waals surface area contributed by atoms with Gasteiger partial charge in [-0.3, -0.25) is 4.90 Å². The first kappa shape index (κ1) is 18.5. The fourth-order valence-electron chi connectivity index (χ4n) is 2.86. The normalized spacial score (nSPS) is 12.0. The SMILES string of the molecule is Cc1ccc(C)c(S(=O)(=O)CCN(Cc2ccco2)Cc2ccco2)c1. The molecule has 0 saturated carbocycles. The number of furan rings is 2. The number of rotatable bonds is 8. The van der Waals surface area contributed by atoms with Crippen LogP contribution in [0.25, 0.3) is 0 Å². The summed E-state index contributed by atoms with van der Waals surface area (Å²) in [6.45, 7) is 5.16. The predicted molar refractivity (Wildman–Crippen MR) is 99.5 cm³/mol. The summed E-state index contributed by atoms with van der Waals surface area (Å²) < 4.78 is 36.5. The molecule has 0 unspecified atom stereocenters. The summed E-state index contributed by atoms with van der Waals surface area (Å²) in [5.41, 5.74) is 1.72. The monoisotopic (exact) mass is 373 g/mol. The fourth-order valence-corrected chi connectivity index (χ4v) is 4.50. The molecule has 3 aromatic rings. The van der Waals surface area contributed by atoms with Crippen LogP contribution in [0.1, 0.15) is 22.6 Å². The molecule has 3 rings (SSSR count). The molecule has 138 valence electrons. The van der Waals surface area contributed by atoms with Crippen LogP contribution >= 0.6 is 0 Å². The van der Waals surface area contributed by atoms with Gasteiger partial charge < -0.3 is 8.83 Å². The van der Waals surface area contributed by atoms with E-state index < -0.39 is 9.84 Å². The van der Waals surface area contributed by atoms with Crippen LogP contribution in [0.2, 0.25) is 0 Å². The van der Waals surface area contributed by atoms with Gasteiger partial charge in [0.25, 0.3) is 0 Å². The Balaban J connectivity index is 1.74. The topological polar surface area (TPSA) is 63.7 Å². The van der Waals surface area contributed by atoms with Crippen molar-refractivity contribution in [3.05, 3.63) is 77.6 Å². The van der Waals surface area contributed by atoms with Gasteiger partial charge >= 0.3 is 0 Å². The summed E-state index contributed by atoms with van der Waals surface area (Å²) in [4.78, 5) is 2.42. The molecule has 26 heavy (non-hydrogen) atoms. The minimum atomic E-state index is -3.37. The van der Waals surface area contributed by atoms with Crippen molar-refractivity contribution >= 4 is 9.84 Å². The minimum absolute atomic E-state index is 0.0404. The van der Waals surface area contributed by atoms with Crippen molar-refractivity contribution < 1.29 is 17.3 Å². The van der Waals surface area contributed by atoms with E-state index >= 15 is 0 Å². The molecule has 0 radical (unpaired) electrons. The summed E-state index contributed by atoms with van der Waals surface area (Å²) in [6, 6.07) is 12.9. The number of benzene rings is 1. The highest BCUT2D eigenvalue weighted by Crippen LogP contribution is 2.19. The standard InChI is InChI=1S/C20H23NO4S/c1-16-7-8-17(2)20(13-16)26(22,23)12-9-21(14-18-5-3-10-24-18)15-19-6-4-11-25-19/h3-8,10-11,13H,9,12,14-15H2,1-2H3. The van der Waals surface area contributed by atoms with E-state index in [1.807, 2.05) is 55.1 Å². The van der Waals surface area contributed by atoms with E-state index in [0.717, 1.165) is 22.6 Å². The molecule has 0 saturated heterocycles. The van der Waals surface area contributed by atoms with E-state index in [0.29, 0.717) is 24.5 Å². The highest BCUT2D eigenvalue weighted by Gasteiger charge is 2.20. The zero-order valence-electron chi connectivity index (χ0n) is 15.0. The molecule has 0 atom stereocenters. The van der Waals surface area contributed by atoms with Gasteiger partial charge in [-0.25, -0.2) is 8.42 Å². The molecule has 0 bridgehead atoms. The Hall–Kier alpha value is -2.31. The van der Waals surface area contributed by atoms with Crippen LogP contribution in [0.3, 0.4) is 0 Å². The molecule has 0 aliphatic carbocycles. The maximum absolute atomic E-state index is 12.8. The van der Waals surface area contributed by atoms with Gasteiger partial charge in [0, 0.05) is 6.54 Å². The molecule has 0 fully saturated rings. The fraction of sp³-hybridized carbons (Fsp3) is 0.300. The van der Waals surface area contributed by atoms with Crippen molar-refractivity contribution in [2.75, 3.05) is 12.3 Å². The van der Waals surface area contributed by atoms with Crippen molar-refractivity contribution in [2.24, 2.45) is 0 Å². The molecule has 2 aromatic heterocycles. The third kappa shape index (κ3) is 4.65. The van der Waals surface area contributed by atoms with Gasteiger partial charge in [-0.05, 0) is 55.3 Å². The van der Waals surface area contributed by atoms with E-state index in [2.05, 4.69) is 0 Å². The molecule has 6 heteroatoms. The maximum Gasteiger partial charge on any atom is 0.179 e. The first-order valence-electron chi connectivity index (χ1n) is 8.51. The molecule has 0 spiro atoms. The zero-order valence-corrected chi connectivity index (χ0v) is 15.8. The highest BCUT2D eigenvalue weighted by atomic mass is 32.2. The van der Waals surface area contributed by atoms with Crippen LogP contribution in [-0.2, 0) is 22.9 Å². The molecule has 0 aliphatic rings. The van der Waals surface area contributed by atoms with E-state index in [1.54, 1.807) is 18.6 Å². The molecule has 2 heterocycles. The summed E-state index contributed by atoms with van der Waals surface area (Å²) >= 11 is 0. The van der Waals surface area contributed by atoms with Crippen molar-refractivity contribution in [1.29, 1.82) is 0 Å². The van der Waals surface area contributed by atoms with Gasteiger partial charge in [0.15, 0.2) is 9.84 Å². The maximum atomic E-state index is 12.8. The Morgan fingerprint density at radius 3 is 2.08 bits per heavy atom. The Morgan fingerprint density at radius 1 is 0.923 bits per heavy atom. The van der Waals surface area contributed by atoms with Gasteiger partial charge in [0.1, 0.15) is 11.5 Å². The second-order valence-corrected chi connectivity index (χ2v) is 8.53. The lowest BCUT2D eigenvalue weighted by Gasteiger charge is -2.20. The van der Waals surface area contributed by atoms with Crippen LogP contribution in [0, 0.1) is 13.8 Å². The lowest BCUT2D eigenvalue weighted by atomic mass is 10.2. The predicted octanol–water partition coefficient (Wildman–Crippen LogP) is 3.97. The summed E-state index contributed by atoms with van der Waals surface area (Å²) in [5, 5.41) is 0.